The topological polar surface area (TPSA) is 66.8 Å². The summed E-state index contributed by atoms with van der Waals surface area (Å²) in [6.07, 6.45) is 3.53. The molecule has 0 saturated carbocycles. The zero-order chi connectivity index (χ0) is 11.9. The summed E-state index contributed by atoms with van der Waals surface area (Å²) < 4.78 is 34.7. The molecule has 0 radical (unpaired) electrons. The highest BCUT2D eigenvalue weighted by Gasteiger charge is 2.09. The third kappa shape index (κ3) is 7.16. The van der Waals surface area contributed by atoms with Crippen molar-refractivity contribution in [1.29, 1.82) is 0 Å². The Morgan fingerprint density at radius 2 is 1.69 bits per heavy atom. The molecule has 1 aliphatic heterocycles. The van der Waals surface area contributed by atoms with Crippen LogP contribution >= 0.6 is 0 Å². The molecule has 0 atom stereocenters. The fraction of sp³-hybridized carbons (Fsp3) is 1.00. The maximum atomic E-state index is 10.4. The number of unbranched alkanes of at least 4 members (excludes halogenated alkanes) is 3. The maximum absolute atomic E-state index is 10.4. The number of hydrogen-bond acceptors (Lipinski definition) is 4. The first-order valence-corrected chi connectivity index (χ1v) is 7.44. The molecular formula is C10H21NO4S. The molecule has 1 fully saturated rings. The Labute approximate surface area is 97.5 Å². The highest BCUT2D eigenvalue weighted by atomic mass is 32.2. The van der Waals surface area contributed by atoms with Crippen molar-refractivity contribution < 1.29 is 17.7 Å². The molecule has 1 rings (SSSR count). The van der Waals surface area contributed by atoms with Crippen LogP contribution in [0.2, 0.25) is 0 Å². The lowest BCUT2D eigenvalue weighted by Crippen LogP contribution is -2.36. The normalized spacial score (nSPS) is 18.8. The van der Waals surface area contributed by atoms with Crippen LogP contribution in [0.5, 0.6) is 0 Å². The summed E-state index contributed by atoms with van der Waals surface area (Å²) in [6, 6.07) is 0. The van der Waals surface area contributed by atoms with Crippen LogP contribution in [0.1, 0.15) is 25.7 Å². The van der Waals surface area contributed by atoms with Crippen molar-refractivity contribution in [2.75, 3.05) is 38.6 Å². The number of morpholine rings is 1. The highest BCUT2D eigenvalue weighted by Crippen LogP contribution is 2.05. The van der Waals surface area contributed by atoms with Crippen molar-refractivity contribution in [3.8, 4) is 0 Å². The average Bonchev–Trinajstić information content (AvgIpc) is 2.23. The lowest BCUT2D eigenvalue weighted by atomic mass is 10.2. The van der Waals surface area contributed by atoms with Crippen molar-refractivity contribution in [2.45, 2.75) is 25.7 Å². The third-order valence-corrected chi connectivity index (χ3v) is 3.53. The number of rotatable bonds is 7. The van der Waals surface area contributed by atoms with E-state index in [1.54, 1.807) is 0 Å². The van der Waals surface area contributed by atoms with Crippen LogP contribution in [0.3, 0.4) is 0 Å². The Morgan fingerprint density at radius 1 is 1.06 bits per heavy atom. The minimum Gasteiger partial charge on any atom is -0.379 e. The number of nitrogens with zero attached hydrogens (tertiary/aromatic N) is 1. The van der Waals surface area contributed by atoms with Gasteiger partial charge in [0.1, 0.15) is 0 Å². The van der Waals surface area contributed by atoms with Gasteiger partial charge in [-0.3, -0.25) is 9.45 Å². The molecule has 0 amide bonds. The predicted molar refractivity (Wildman–Crippen MR) is 62.1 cm³/mol. The summed E-state index contributed by atoms with van der Waals surface area (Å²) in [7, 11) is -3.76. The molecule has 16 heavy (non-hydrogen) atoms. The maximum Gasteiger partial charge on any atom is 0.264 e. The van der Waals surface area contributed by atoms with Crippen molar-refractivity contribution in [2.24, 2.45) is 0 Å². The summed E-state index contributed by atoms with van der Waals surface area (Å²) in [4.78, 5) is 2.37. The standard InChI is InChI=1S/C10H21NO4S/c12-16(13,14)10-4-2-1-3-5-11-6-8-15-9-7-11/h1-10H2,(H,12,13,14). The average molecular weight is 251 g/mol. The smallest absolute Gasteiger partial charge is 0.264 e. The van der Waals surface area contributed by atoms with E-state index in [0.717, 1.165) is 52.1 Å². The second-order valence-corrected chi connectivity index (χ2v) is 5.73. The van der Waals surface area contributed by atoms with E-state index < -0.39 is 10.1 Å². The van der Waals surface area contributed by atoms with Gasteiger partial charge in [-0.05, 0) is 19.4 Å². The van der Waals surface area contributed by atoms with Gasteiger partial charge in [-0.2, -0.15) is 8.42 Å². The first kappa shape index (κ1) is 13.9. The van der Waals surface area contributed by atoms with Crippen LogP contribution in [-0.2, 0) is 14.9 Å². The molecule has 0 aromatic rings. The first-order chi connectivity index (χ1) is 7.58. The van der Waals surface area contributed by atoms with E-state index in [2.05, 4.69) is 4.90 Å². The van der Waals surface area contributed by atoms with Gasteiger partial charge in [0.05, 0.1) is 19.0 Å². The van der Waals surface area contributed by atoms with Gasteiger partial charge in [-0.25, -0.2) is 0 Å². The molecular weight excluding hydrogens is 230 g/mol. The van der Waals surface area contributed by atoms with E-state index in [1.165, 1.54) is 0 Å². The van der Waals surface area contributed by atoms with Crippen LogP contribution in [0, 0.1) is 0 Å². The Hall–Kier alpha value is -0.170. The van der Waals surface area contributed by atoms with Crippen molar-refractivity contribution >= 4 is 10.1 Å². The van der Waals surface area contributed by atoms with E-state index in [-0.39, 0.29) is 5.75 Å². The molecule has 1 heterocycles. The molecule has 96 valence electrons. The molecule has 1 N–H and O–H groups in total. The molecule has 0 bridgehead atoms. The van der Waals surface area contributed by atoms with Gasteiger partial charge < -0.3 is 4.74 Å². The Morgan fingerprint density at radius 3 is 2.31 bits per heavy atom. The second kappa shape index (κ2) is 7.21. The molecule has 0 aromatic heterocycles. The number of hydrogen-bond donors (Lipinski definition) is 1. The predicted octanol–water partition coefficient (Wildman–Crippen LogP) is 0.767. The van der Waals surface area contributed by atoms with Crippen LogP contribution in [0.15, 0.2) is 0 Å². The summed E-state index contributed by atoms with van der Waals surface area (Å²) in [6.45, 7) is 4.72. The fourth-order valence-electron chi connectivity index (χ4n) is 1.80. The van der Waals surface area contributed by atoms with Gasteiger partial charge in [-0.1, -0.05) is 12.8 Å². The van der Waals surface area contributed by atoms with Gasteiger partial charge in [0.2, 0.25) is 0 Å². The van der Waals surface area contributed by atoms with E-state index in [0.29, 0.717) is 6.42 Å². The van der Waals surface area contributed by atoms with Crippen molar-refractivity contribution in [3.63, 3.8) is 0 Å². The first-order valence-electron chi connectivity index (χ1n) is 5.83. The van der Waals surface area contributed by atoms with Gasteiger partial charge >= 0.3 is 0 Å². The van der Waals surface area contributed by atoms with Gasteiger partial charge in [-0.15, -0.1) is 0 Å². The molecule has 5 nitrogen and oxygen atoms in total. The van der Waals surface area contributed by atoms with Crippen molar-refractivity contribution in [1.82, 2.24) is 4.90 Å². The van der Waals surface area contributed by atoms with Gasteiger partial charge in [0.25, 0.3) is 10.1 Å². The molecule has 0 aromatic carbocycles. The zero-order valence-electron chi connectivity index (χ0n) is 9.60. The Bertz CT molecular complexity index is 273. The number of ether oxygens (including phenoxy) is 1. The van der Waals surface area contributed by atoms with Crippen LogP contribution in [-0.4, -0.2) is 56.5 Å². The van der Waals surface area contributed by atoms with Crippen molar-refractivity contribution in [3.05, 3.63) is 0 Å². The van der Waals surface area contributed by atoms with Crippen LogP contribution < -0.4 is 0 Å². The molecule has 0 spiro atoms. The van der Waals surface area contributed by atoms with Crippen LogP contribution in [0.4, 0.5) is 0 Å². The minimum absolute atomic E-state index is 0.107. The monoisotopic (exact) mass is 251 g/mol. The SMILES string of the molecule is O=S(=O)(O)CCCCCCN1CCOCC1. The molecule has 1 aliphatic rings. The Kier molecular flexibility index (Phi) is 6.26. The summed E-state index contributed by atoms with van der Waals surface area (Å²) >= 11 is 0. The summed E-state index contributed by atoms with van der Waals surface area (Å²) in [5, 5.41) is 0. The molecule has 6 heteroatoms. The van der Waals surface area contributed by atoms with E-state index in [1.807, 2.05) is 0 Å². The highest BCUT2D eigenvalue weighted by molar-refractivity contribution is 7.85. The second-order valence-electron chi connectivity index (χ2n) is 4.15. The van der Waals surface area contributed by atoms with Gasteiger partial charge in [0.15, 0.2) is 0 Å². The lowest BCUT2D eigenvalue weighted by Gasteiger charge is -2.26. The quantitative estimate of drug-likeness (QED) is 0.534. The Balaban J connectivity index is 1.91. The summed E-state index contributed by atoms with van der Waals surface area (Å²) in [5.41, 5.74) is 0. The third-order valence-electron chi connectivity index (χ3n) is 2.73. The summed E-state index contributed by atoms with van der Waals surface area (Å²) in [5.74, 6) is -0.107. The van der Waals surface area contributed by atoms with Gasteiger partial charge in [0, 0.05) is 13.1 Å². The molecule has 0 unspecified atom stereocenters. The van der Waals surface area contributed by atoms with E-state index in [9.17, 15) is 8.42 Å². The van der Waals surface area contributed by atoms with Crippen LogP contribution in [0.25, 0.3) is 0 Å². The zero-order valence-corrected chi connectivity index (χ0v) is 10.4. The van der Waals surface area contributed by atoms with E-state index in [4.69, 9.17) is 9.29 Å². The lowest BCUT2D eigenvalue weighted by molar-refractivity contribution is 0.0371. The van der Waals surface area contributed by atoms with E-state index >= 15 is 0 Å². The molecule has 1 saturated heterocycles. The fourth-order valence-corrected chi connectivity index (χ4v) is 2.37. The molecule has 0 aliphatic carbocycles. The minimum atomic E-state index is -3.76. The largest absolute Gasteiger partial charge is 0.379 e.